The van der Waals surface area contributed by atoms with Gasteiger partial charge in [0, 0.05) is 6.54 Å². The fourth-order valence-corrected chi connectivity index (χ4v) is 2.65. The summed E-state index contributed by atoms with van der Waals surface area (Å²) in [5.41, 5.74) is 5.83. The summed E-state index contributed by atoms with van der Waals surface area (Å²) in [5.74, 6) is -0.295. The number of rotatable bonds is 5. The maximum atomic E-state index is 11.3. The van der Waals surface area contributed by atoms with Gasteiger partial charge in [-0.2, -0.15) is 0 Å². The van der Waals surface area contributed by atoms with Crippen LogP contribution in [0.15, 0.2) is 24.3 Å². The average molecular weight is 277 g/mol. The number of benzene rings is 1. The molecule has 19 heavy (non-hydrogen) atoms. The van der Waals surface area contributed by atoms with E-state index in [0.717, 1.165) is 10.5 Å². The lowest BCUT2D eigenvalue weighted by atomic mass is 9.92. The minimum atomic E-state index is -0.551. The number of nitrogens with zero attached hydrogens (tertiary/aromatic N) is 1. The van der Waals surface area contributed by atoms with Gasteiger partial charge in [-0.25, -0.2) is 4.98 Å². The Morgan fingerprint density at radius 3 is 2.79 bits per heavy atom. The van der Waals surface area contributed by atoms with E-state index in [4.69, 9.17) is 5.73 Å². The number of primary amides is 1. The van der Waals surface area contributed by atoms with Crippen LogP contribution in [0.3, 0.4) is 0 Å². The van der Waals surface area contributed by atoms with Crippen LogP contribution in [0, 0.1) is 5.41 Å². The van der Waals surface area contributed by atoms with E-state index in [-0.39, 0.29) is 11.9 Å². The van der Waals surface area contributed by atoms with Gasteiger partial charge in [-0.15, -0.1) is 11.3 Å². The third kappa shape index (κ3) is 3.11. The minimum absolute atomic E-state index is 0.107. The topological polar surface area (TPSA) is 68.0 Å². The van der Waals surface area contributed by atoms with Gasteiger partial charge in [0.1, 0.15) is 5.01 Å². The van der Waals surface area contributed by atoms with Crippen molar-refractivity contribution in [1.29, 1.82) is 0 Å². The van der Waals surface area contributed by atoms with E-state index >= 15 is 0 Å². The highest BCUT2D eigenvalue weighted by Gasteiger charge is 2.25. The molecule has 1 amide bonds. The Labute approximate surface area is 117 Å². The van der Waals surface area contributed by atoms with Crippen molar-refractivity contribution in [1.82, 2.24) is 10.3 Å². The summed E-state index contributed by atoms with van der Waals surface area (Å²) in [6.07, 6.45) is 0. The first kappa shape index (κ1) is 14.0. The molecule has 1 aromatic heterocycles. The minimum Gasteiger partial charge on any atom is -0.369 e. The highest BCUT2D eigenvalue weighted by atomic mass is 32.1. The Balaban J connectivity index is 2.08. The standard InChI is InChI=1S/C14H19N3OS/c1-9(16-8-14(2,3)13(15)18)12-17-10-6-4-5-7-11(10)19-12/h4-7,9,16H,8H2,1-3H3,(H2,15,18). The highest BCUT2D eigenvalue weighted by molar-refractivity contribution is 7.18. The van der Waals surface area contributed by atoms with E-state index in [0.29, 0.717) is 6.54 Å². The van der Waals surface area contributed by atoms with E-state index in [1.165, 1.54) is 4.70 Å². The molecule has 1 aromatic carbocycles. The second kappa shape index (κ2) is 5.27. The van der Waals surface area contributed by atoms with Crippen molar-refractivity contribution in [3.63, 3.8) is 0 Å². The first-order chi connectivity index (χ1) is 8.90. The normalized spacial score (nSPS) is 13.6. The van der Waals surface area contributed by atoms with Crippen molar-refractivity contribution in [2.24, 2.45) is 11.1 Å². The summed E-state index contributed by atoms with van der Waals surface area (Å²) in [6.45, 7) is 6.27. The molecule has 0 bridgehead atoms. The summed E-state index contributed by atoms with van der Waals surface area (Å²) < 4.78 is 1.18. The van der Waals surface area contributed by atoms with E-state index in [1.54, 1.807) is 11.3 Å². The van der Waals surface area contributed by atoms with E-state index in [1.807, 2.05) is 32.0 Å². The van der Waals surface area contributed by atoms with Crippen LogP contribution < -0.4 is 11.1 Å². The van der Waals surface area contributed by atoms with Crippen LogP contribution in [0.4, 0.5) is 0 Å². The number of hydrogen-bond acceptors (Lipinski definition) is 4. The van der Waals surface area contributed by atoms with E-state index in [2.05, 4.69) is 23.3 Å². The van der Waals surface area contributed by atoms with Gasteiger partial charge in [0.2, 0.25) is 5.91 Å². The monoisotopic (exact) mass is 277 g/mol. The molecule has 0 saturated heterocycles. The molecular formula is C14H19N3OS. The smallest absolute Gasteiger partial charge is 0.224 e. The molecule has 0 aliphatic heterocycles. The zero-order valence-electron chi connectivity index (χ0n) is 11.4. The number of thiazole rings is 1. The van der Waals surface area contributed by atoms with Gasteiger partial charge >= 0.3 is 0 Å². The summed E-state index contributed by atoms with van der Waals surface area (Å²) in [7, 11) is 0. The van der Waals surface area contributed by atoms with Gasteiger partial charge < -0.3 is 11.1 Å². The predicted molar refractivity (Wildman–Crippen MR) is 79.0 cm³/mol. The summed E-state index contributed by atoms with van der Waals surface area (Å²) in [4.78, 5) is 15.9. The van der Waals surface area contributed by atoms with Gasteiger partial charge in [0.15, 0.2) is 0 Å². The third-order valence-electron chi connectivity index (χ3n) is 3.20. The SMILES string of the molecule is CC(NCC(C)(C)C(N)=O)c1nc2ccccc2s1. The lowest BCUT2D eigenvalue weighted by Gasteiger charge is -2.23. The number of carbonyl (C=O) groups is 1. The molecule has 1 unspecified atom stereocenters. The van der Waals surface area contributed by atoms with Crippen molar-refractivity contribution in [2.45, 2.75) is 26.8 Å². The molecular weight excluding hydrogens is 258 g/mol. The second-order valence-corrected chi connectivity index (χ2v) is 6.43. The van der Waals surface area contributed by atoms with Crippen LogP contribution >= 0.6 is 11.3 Å². The van der Waals surface area contributed by atoms with Crippen molar-refractivity contribution in [2.75, 3.05) is 6.54 Å². The quantitative estimate of drug-likeness (QED) is 0.882. The summed E-state index contributed by atoms with van der Waals surface area (Å²) in [6, 6.07) is 8.18. The first-order valence-corrected chi connectivity index (χ1v) is 7.10. The molecule has 2 aromatic rings. The summed E-state index contributed by atoms with van der Waals surface area (Å²) >= 11 is 1.67. The van der Waals surface area contributed by atoms with Crippen molar-refractivity contribution in [3.8, 4) is 0 Å². The first-order valence-electron chi connectivity index (χ1n) is 6.29. The number of nitrogens with one attached hydrogen (secondary N) is 1. The van der Waals surface area contributed by atoms with Gasteiger partial charge in [0.25, 0.3) is 0 Å². The molecule has 0 spiro atoms. The average Bonchev–Trinajstić information content (AvgIpc) is 2.79. The van der Waals surface area contributed by atoms with Crippen LogP contribution in [-0.4, -0.2) is 17.4 Å². The molecule has 5 heteroatoms. The van der Waals surface area contributed by atoms with Gasteiger partial charge in [-0.1, -0.05) is 12.1 Å². The molecule has 0 aliphatic rings. The number of carbonyl (C=O) groups excluding carboxylic acids is 1. The second-order valence-electron chi connectivity index (χ2n) is 5.37. The predicted octanol–water partition coefficient (Wildman–Crippen LogP) is 2.46. The number of nitrogens with two attached hydrogens (primary N) is 1. The van der Waals surface area contributed by atoms with Crippen LogP contribution in [0.1, 0.15) is 31.8 Å². The summed E-state index contributed by atoms with van der Waals surface area (Å²) in [5, 5.41) is 4.36. The van der Waals surface area contributed by atoms with Crippen LogP contribution in [0.2, 0.25) is 0 Å². The molecule has 1 heterocycles. The molecule has 2 rings (SSSR count). The lowest BCUT2D eigenvalue weighted by molar-refractivity contribution is -0.125. The van der Waals surface area contributed by atoms with Crippen molar-refractivity contribution < 1.29 is 4.79 Å². The molecule has 1 atom stereocenters. The van der Waals surface area contributed by atoms with Gasteiger partial charge in [-0.3, -0.25) is 4.79 Å². The number of hydrogen-bond donors (Lipinski definition) is 2. The lowest BCUT2D eigenvalue weighted by Crippen LogP contribution is -2.41. The van der Waals surface area contributed by atoms with E-state index in [9.17, 15) is 4.79 Å². The zero-order valence-corrected chi connectivity index (χ0v) is 12.3. The largest absolute Gasteiger partial charge is 0.369 e. The highest BCUT2D eigenvalue weighted by Crippen LogP contribution is 2.26. The Kier molecular flexibility index (Phi) is 3.87. The maximum Gasteiger partial charge on any atom is 0.224 e. The Morgan fingerprint density at radius 1 is 1.47 bits per heavy atom. The zero-order chi connectivity index (χ0) is 14.0. The van der Waals surface area contributed by atoms with Crippen LogP contribution in [0.5, 0.6) is 0 Å². The number of amides is 1. The third-order valence-corrected chi connectivity index (χ3v) is 4.42. The van der Waals surface area contributed by atoms with Crippen LogP contribution in [0.25, 0.3) is 10.2 Å². The Hall–Kier alpha value is -1.46. The van der Waals surface area contributed by atoms with Crippen LogP contribution in [-0.2, 0) is 4.79 Å². The molecule has 3 N–H and O–H groups in total. The number of para-hydroxylation sites is 1. The molecule has 0 fully saturated rings. The Bertz CT molecular complexity index is 558. The van der Waals surface area contributed by atoms with Gasteiger partial charge in [-0.05, 0) is 32.9 Å². The molecule has 4 nitrogen and oxygen atoms in total. The fourth-order valence-electron chi connectivity index (χ4n) is 1.66. The maximum absolute atomic E-state index is 11.3. The fraction of sp³-hybridized carbons (Fsp3) is 0.429. The van der Waals surface area contributed by atoms with E-state index < -0.39 is 5.41 Å². The van der Waals surface area contributed by atoms with Gasteiger partial charge in [0.05, 0.1) is 21.7 Å². The molecule has 102 valence electrons. The number of aromatic nitrogens is 1. The van der Waals surface area contributed by atoms with Crippen molar-refractivity contribution in [3.05, 3.63) is 29.3 Å². The van der Waals surface area contributed by atoms with Crippen molar-refractivity contribution >= 4 is 27.5 Å². The molecule has 0 radical (unpaired) electrons. The number of fused-ring (bicyclic) bond motifs is 1. The molecule has 0 aliphatic carbocycles. The Morgan fingerprint density at radius 2 is 2.16 bits per heavy atom. The molecule has 0 saturated carbocycles.